The van der Waals surface area contributed by atoms with Gasteiger partial charge in [0.25, 0.3) is 0 Å². The number of aryl methyl sites for hydroxylation is 1. The topological polar surface area (TPSA) is 45.9 Å². The van der Waals surface area contributed by atoms with Crippen molar-refractivity contribution in [3.05, 3.63) is 50.6 Å². The number of rotatable bonds is 2. The smallest absolute Gasteiger partial charge is 0.239 e. The molecule has 0 N–H and O–H groups in total. The predicted molar refractivity (Wildman–Crippen MR) is 75.2 cm³/mol. The van der Waals surface area contributed by atoms with Crippen LogP contribution in [0.3, 0.4) is 0 Å². The summed E-state index contributed by atoms with van der Waals surface area (Å²) in [5, 5.41) is 9.47. The van der Waals surface area contributed by atoms with Gasteiger partial charge in [0.1, 0.15) is 10.8 Å². The largest absolute Gasteiger partial charge is 0.437 e. The second-order valence-electron chi connectivity index (χ2n) is 3.74. The lowest BCUT2D eigenvalue weighted by molar-refractivity contribution is 0.460. The van der Waals surface area contributed by atoms with Gasteiger partial charge in [-0.15, -0.1) is 0 Å². The van der Waals surface area contributed by atoms with Gasteiger partial charge in [-0.05, 0) is 30.7 Å². The van der Waals surface area contributed by atoms with E-state index in [4.69, 9.17) is 44.8 Å². The molecule has 1 aromatic heterocycles. The molecule has 0 aliphatic rings. The Labute approximate surface area is 125 Å². The van der Waals surface area contributed by atoms with E-state index in [1.807, 2.05) is 13.0 Å². The molecule has 0 bridgehead atoms. The van der Waals surface area contributed by atoms with Crippen LogP contribution >= 0.6 is 34.8 Å². The molecule has 19 heavy (non-hydrogen) atoms. The standard InChI is InChI=1S/C13H7Cl3N2O/c1-7-2-3-8(6-17)4-11(7)19-13-10(15)5-9(14)12(16)18-13/h2-5H,1H3. The fourth-order valence-electron chi connectivity index (χ4n) is 1.38. The fraction of sp³-hybridized carbons (Fsp3) is 0.0769. The maximum absolute atomic E-state index is 8.87. The van der Waals surface area contributed by atoms with Gasteiger partial charge in [-0.25, -0.2) is 0 Å². The van der Waals surface area contributed by atoms with E-state index in [1.54, 1.807) is 18.2 Å². The van der Waals surface area contributed by atoms with Crippen LogP contribution in [0.15, 0.2) is 24.3 Å². The zero-order valence-electron chi connectivity index (χ0n) is 9.75. The van der Waals surface area contributed by atoms with E-state index in [9.17, 15) is 0 Å². The maximum atomic E-state index is 8.87. The van der Waals surface area contributed by atoms with Crippen LogP contribution in [0.25, 0.3) is 0 Å². The second-order valence-corrected chi connectivity index (χ2v) is 4.91. The number of ether oxygens (including phenoxy) is 1. The van der Waals surface area contributed by atoms with Crippen LogP contribution in [0, 0.1) is 18.3 Å². The summed E-state index contributed by atoms with van der Waals surface area (Å²) in [6, 6.07) is 8.58. The lowest BCUT2D eigenvalue weighted by Gasteiger charge is -2.10. The van der Waals surface area contributed by atoms with E-state index < -0.39 is 0 Å². The van der Waals surface area contributed by atoms with Crippen molar-refractivity contribution in [3.63, 3.8) is 0 Å². The summed E-state index contributed by atoms with van der Waals surface area (Å²) in [5.41, 5.74) is 1.33. The Hall–Kier alpha value is -1.47. The first kappa shape index (κ1) is 14.0. The number of hydrogen-bond donors (Lipinski definition) is 0. The normalized spacial score (nSPS) is 10.1. The third kappa shape index (κ3) is 3.10. The van der Waals surface area contributed by atoms with Crippen LogP contribution in [0.2, 0.25) is 15.2 Å². The lowest BCUT2D eigenvalue weighted by Crippen LogP contribution is -1.93. The number of nitriles is 1. The van der Waals surface area contributed by atoms with Gasteiger partial charge in [0.15, 0.2) is 5.15 Å². The van der Waals surface area contributed by atoms with Crippen molar-refractivity contribution in [1.29, 1.82) is 5.26 Å². The van der Waals surface area contributed by atoms with E-state index in [0.29, 0.717) is 11.3 Å². The van der Waals surface area contributed by atoms with E-state index >= 15 is 0 Å². The molecule has 6 heteroatoms. The first-order valence-corrected chi connectivity index (χ1v) is 6.35. The molecule has 0 saturated heterocycles. The minimum atomic E-state index is 0.107. The molecule has 2 rings (SSSR count). The number of halogens is 3. The second kappa shape index (κ2) is 5.66. The van der Waals surface area contributed by atoms with Gasteiger partial charge < -0.3 is 4.74 Å². The summed E-state index contributed by atoms with van der Waals surface area (Å²) in [6.45, 7) is 1.85. The summed E-state index contributed by atoms with van der Waals surface area (Å²) >= 11 is 17.6. The maximum Gasteiger partial charge on any atom is 0.239 e. The Bertz CT molecular complexity index is 680. The molecular weight excluding hydrogens is 307 g/mol. The molecule has 1 aromatic carbocycles. The number of hydrogen-bond acceptors (Lipinski definition) is 3. The Morgan fingerprint density at radius 3 is 2.58 bits per heavy atom. The van der Waals surface area contributed by atoms with E-state index in [0.717, 1.165) is 5.56 Å². The van der Waals surface area contributed by atoms with Crippen LogP contribution in [-0.4, -0.2) is 4.98 Å². The van der Waals surface area contributed by atoms with Crippen molar-refractivity contribution in [1.82, 2.24) is 4.98 Å². The molecule has 0 amide bonds. The Morgan fingerprint density at radius 1 is 1.16 bits per heavy atom. The third-order valence-electron chi connectivity index (χ3n) is 2.38. The molecule has 0 aliphatic carbocycles. The first-order valence-electron chi connectivity index (χ1n) is 5.21. The van der Waals surface area contributed by atoms with Gasteiger partial charge in [-0.2, -0.15) is 10.2 Å². The Balaban J connectivity index is 2.42. The molecule has 1 heterocycles. The SMILES string of the molecule is Cc1ccc(C#N)cc1Oc1nc(Cl)c(Cl)cc1Cl. The number of aromatic nitrogens is 1. The highest BCUT2D eigenvalue weighted by atomic mass is 35.5. The molecule has 0 saturated carbocycles. The van der Waals surface area contributed by atoms with Crippen LogP contribution in [-0.2, 0) is 0 Å². The highest BCUT2D eigenvalue weighted by molar-refractivity contribution is 6.42. The lowest BCUT2D eigenvalue weighted by atomic mass is 10.1. The first-order chi connectivity index (χ1) is 9.01. The third-order valence-corrected chi connectivity index (χ3v) is 3.32. The van der Waals surface area contributed by atoms with Crippen LogP contribution in [0.4, 0.5) is 0 Å². The van der Waals surface area contributed by atoms with Crippen LogP contribution in [0.1, 0.15) is 11.1 Å². The van der Waals surface area contributed by atoms with E-state index in [1.165, 1.54) is 6.07 Å². The van der Waals surface area contributed by atoms with Crippen molar-refractivity contribution in [2.24, 2.45) is 0 Å². The van der Waals surface area contributed by atoms with Gasteiger partial charge in [-0.3, -0.25) is 0 Å². The van der Waals surface area contributed by atoms with E-state index in [-0.39, 0.29) is 21.1 Å². The molecule has 3 nitrogen and oxygen atoms in total. The average molecular weight is 314 g/mol. The minimum absolute atomic E-state index is 0.107. The monoisotopic (exact) mass is 312 g/mol. The van der Waals surface area contributed by atoms with Crippen LogP contribution in [0.5, 0.6) is 11.6 Å². The summed E-state index contributed by atoms with van der Waals surface area (Å²) in [5.74, 6) is 0.640. The number of pyridine rings is 1. The predicted octanol–water partition coefficient (Wildman–Crippen LogP) is 5.01. The summed E-state index contributed by atoms with van der Waals surface area (Å²) < 4.78 is 5.58. The van der Waals surface area contributed by atoms with E-state index in [2.05, 4.69) is 4.98 Å². The number of benzene rings is 1. The fourth-order valence-corrected chi connectivity index (χ4v) is 1.91. The number of nitrogens with zero attached hydrogens (tertiary/aromatic N) is 2. The van der Waals surface area contributed by atoms with Gasteiger partial charge in [0, 0.05) is 0 Å². The average Bonchev–Trinajstić information content (AvgIpc) is 2.38. The summed E-state index contributed by atoms with van der Waals surface area (Å²) in [7, 11) is 0. The molecule has 0 aliphatic heterocycles. The van der Waals surface area contributed by atoms with Crippen molar-refractivity contribution < 1.29 is 4.74 Å². The molecule has 0 radical (unpaired) electrons. The Morgan fingerprint density at radius 2 is 1.89 bits per heavy atom. The minimum Gasteiger partial charge on any atom is -0.437 e. The van der Waals surface area contributed by atoms with Gasteiger partial charge >= 0.3 is 0 Å². The van der Waals surface area contributed by atoms with Crippen molar-refractivity contribution in [2.45, 2.75) is 6.92 Å². The molecule has 0 spiro atoms. The highest BCUT2D eigenvalue weighted by Gasteiger charge is 2.11. The van der Waals surface area contributed by atoms with Crippen molar-refractivity contribution in [3.8, 4) is 17.7 Å². The Kier molecular flexibility index (Phi) is 4.16. The molecular formula is C13H7Cl3N2O. The molecule has 2 aromatic rings. The van der Waals surface area contributed by atoms with Crippen LogP contribution < -0.4 is 4.74 Å². The van der Waals surface area contributed by atoms with Gasteiger partial charge in [0.05, 0.1) is 16.7 Å². The zero-order chi connectivity index (χ0) is 14.0. The molecule has 0 unspecified atom stereocenters. The van der Waals surface area contributed by atoms with Crippen molar-refractivity contribution >= 4 is 34.8 Å². The van der Waals surface area contributed by atoms with Gasteiger partial charge in [-0.1, -0.05) is 40.9 Å². The molecule has 0 fully saturated rings. The van der Waals surface area contributed by atoms with Crippen molar-refractivity contribution in [2.75, 3.05) is 0 Å². The summed E-state index contributed by atoms with van der Waals surface area (Å²) in [6.07, 6.45) is 0. The quantitative estimate of drug-likeness (QED) is 0.732. The highest BCUT2D eigenvalue weighted by Crippen LogP contribution is 2.34. The zero-order valence-corrected chi connectivity index (χ0v) is 12.0. The molecule has 96 valence electrons. The van der Waals surface area contributed by atoms with Gasteiger partial charge in [0.2, 0.25) is 5.88 Å². The summed E-state index contributed by atoms with van der Waals surface area (Å²) in [4.78, 5) is 3.96. The molecule has 0 atom stereocenters.